The molecule has 6 nitrogen and oxygen atoms in total. The maximum Gasteiger partial charge on any atom is 0.273 e. The van der Waals surface area contributed by atoms with Crippen LogP contribution in [0.3, 0.4) is 0 Å². The standard InChI is InChI=1S/C23H41N3O3/c1-4-7-8-9-10-11-12-13-14-15-16-17-22(27)26(6-3)18-21-25-20(19-29-21)23(28)24-5-2/h19H,4-18H2,1-3H3,(H,24,28). The van der Waals surface area contributed by atoms with E-state index in [9.17, 15) is 9.59 Å². The van der Waals surface area contributed by atoms with Gasteiger partial charge in [-0.25, -0.2) is 4.98 Å². The molecule has 2 amide bonds. The summed E-state index contributed by atoms with van der Waals surface area (Å²) in [5.74, 6) is 0.277. The molecule has 0 fully saturated rings. The van der Waals surface area contributed by atoms with Gasteiger partial charge in [0, 0.05) is 19.5 Å². The Kier molecular flexibility index (Phi) is 13.9. The molecule has 0 aliphatic rings. The number of oxazole rings is 1. The second-order valence-electron chi connectivity index (χ2n) is 7.68. The third-order valence-corrected chi connectivity index (χ3v) is 5.18. The highest BCUT2D eigenvalue weighted by molar-refractivity contribution is 5.91. The number of rotatable bonds is 17. The van der Waals surface area contributed by atoms with Crippen LogP contribution in [-0.2, 0) is 11.3 Å². The number of hydrogen-bond acceptors (Lipinski definition) is 4. The number of unbranched alkanes of at least 4 members (excludes halogenated alkanes) is 10. The van der Waals surface area contributed by atoms with Crippen molar-refractivity contribution in [2.24, 2.45) is 0 Å². The van der Waals surface area contributed by atoms with Crippen LogP contribution in [0.4, 0.5) is 0 Å². The van der Waals surface area contributed by atoms with Crippen molar-refractivity contribution in [2.75, 3.05) is 13.1 Å². The van der Waals surface area contributed by atoms with E-state index in [1.807, 2.05) is 13.8 Å². The number of hydrogen-bond donors (Lipinski definition) is 1. The smallest absolute Gasteiger partial charge is 0.273 e. The van der Waals surface area contributed by atoms with Gasteiger partial charge in [-0.05, 0) is 20.3 Å². The Morgan fingerprint density at radius 2 is 1.52 bits per heavy atom. The van der Waals surface area contributed by atoms with Crippen LogP contribution in [0.25, 0.3) is 0 Å². The lowest BCUT2D eigenvalue weighted by molar-refractivity contribution is -0.132. The predicted octanol–water partition coefficient (Wildman–Crippen LogP) is 5.47. The second-order valence-corrected chi connectivity index (χ2v) is 7.68. The molecule has 1 aromatic rings. The molecule has 0 bridgehead atoms. The first-order chi connectivity index (χ1) is 14.1. The van der Waals surface area contributed by atoms with Gasteiger partial charge in [0.25, 0.3) is 5.91 Å². The first kappa shape index (κ1) is 25.2. The van der Waals surface area contributed by atoms with Gasteiger partial charge in [0.15, 0.2) is 5.69 Å². The van der Waals surface area contributed by atoms with E-state index in [2.05, 4.69) is 17.2 Å². The zero-order valence-electron chi connectivity index (χ0n) is 18.8. The number of amides is 2. The van der Waals surface area contributed by atoms with Gasteiger partial charge in [-0.15, -0.1) is 0 Å². The lowest BCUT2D eigenvalue weighted by atomic mass is 10.1. The fraction of sp³-hybridized carbons (Fsp3) is 0.783. The van der Waals surface area contributed by atoms with Crippen LogP contribution in [0.1, 0.15) is 114 Å². The Bertz CT molecular complexity index is 571. The van der Waals surface area contributed by atoms with E-state index in [1.165, 1.54) is 64.1 Å². The van der Waals surface area contributed by atoms with Crippen LogP contribution in [0, 0.1) is 0 Å². The summed E-state index contributed by atoms with van der Waals surface area (Å²) >= 11 is 0. The predicted molar refractivity (Wildman–Crippen MR) is 117 cm³/mol. The lowest BCUT2D eigenvalue weighted by Gasteiger charge is -2.19. The highest BCUT2D eigenvalue weighted by Gasteiger charge is 2.17. The molecule has 166 valence electrons. The Balaban J connectivity index is 2.16. The number of carbonyl (C=O) groups excluding carboxylic acids is 2. The van der Waals surface area contributed by atoms with Gasteiger partial charge in [0.1, 0.15) is 6.26 Å². The fourth-order valence-electron chi connectivity index (χ4n) is 3.38. The number of nitrogens with one attached hydrogen (secondary N) is 1. The van der Waals surface area contributed by atoms with Crippen LogP contribution in [0.5, 0.6) is 0 Å². The molecule has 0 aromatic carbocycles. The molecule has 0 atom stereocenters. The average Bonchev–Trinajstić information content (AvgIpc) is 3.19. The highest BCUT2D eigenvalue weighted by atomic mass is 16.3. The maximum absolute atomic E-state index is 12.5. The molecule has 0 unspecified atom stereocenters. The Morgan fingerprint density at radius 1 is 0.931 bits per heavy atom. The molecule has 1 rings (SSSR count). The molecule has 29 heavy (non-hydrogen) atoms. The third-order valence-electron chi connectivity index (χ3n) is 5.18. The summed E-state index contributed by atoms with van der Waals surface area (Å²) in [6, 6.07) is 0. The summed E-state index contributed by atoms with van der Waals surface area (Å²) in [7, 11) is 0. The van der Waals surface area contributed by atoms with Crippen molar-refractivity contribution in [1.82, 2.24) is 15.2 Å². The Morgan fingerprint density at radius 3 is 2.07 bits per heavy atom. The monoisotopic (exact) mass is 407 g/mol. The van der Waals surface area contributed by atoms with Gasteiger partial charge >= 0.3 is 0 Å². The van der Waals surface area contributed by atoms with E-state index in [-0.39, 0.29) is 17.5 Å². The van der Waals surface area contributed by atoms with Crippen LogP contribution in [-0.4, -0.2) is 34.8 Å². The first-order valence-corrected chi connectivity index (χ1v) is 11.6. The summed E-state index contributed by atoms with van der Waals surface area (Å²) < 4.78 is 5.36. The zero-order chi connectivity index (χ0) is 21.3. The molecule has 1 heterocycles. The molecule has 1 aromatic heterocycles. The summed E-state index contributed by atoms with van der Waals surface area (Å²) in [4.78, 5) is 30.1. The van der Waals surface area contributed by atoms with Crippen LogP contribution >= 0.6 is 0 Å². The van der Waals surface area contributed by atoms with Gasteiger partial charge in [0.05, 0.1) is 6.54 Å². The summed E-state index contributed by atoms with van der Waals surface area (Å²) in [6.07, 6.45) is 15.9. The Hall–Kier alpha value is -1.85. The third kappa shape index (κ3) is 11.1. The molecule has 1 N–H and O–H groups in total. The first-order valence-electron chi connectivity index (χ1n) is 11.6. The van der Waals surface area contributed by atoms with Crippen LogP contribution in [0.2, 0.25) is 0 Å². The minimum atomic E-state index is -0.252. The average molecular weight is 408 g/mol. The minimum absolute atomic E-state index is 0.126. The Labute approximate surface area is 176 Å². The van der Waals surface area contributed by atoms with Crippen molar-refractivity contribution >= 4 is 11.8 Å². The van der Waals surface area contributed by atoms with Crippen LogP contribution < -0.4 is 5.32 Å². The van der Waals surface area contributed by atoms with E-state index in [1.54, 1.807) is 4.90 Å². The quantitative estimate of drug-likeness (QED) is 0.347. The normalized spacial score (nSPS) is 10.9. The SMILES string of the molecule is CCCCCCCCCCCCCC(=O)N(CC)Cc1nc(C(=O)NCC)co1. The minimum Gasteiger partial charge on any atom is -0.446 e. The van der Waals surface area contributed by atoms with Gasteiger partial charge in [0.2, 0.25) is 11.8 Å². The number of aromatic nitrogens is 1. The summed E-state index contributed by atoms with van der Waals surface area (Å²) in [6.45, 7) is 7.52. The van der Waals surface area contributed by atoms with Crippen molar-refractivity contribution in [3.05, 3.63) is 17.8 Å². The number of carbonyl (C=O) groups is 2. The van der Waals surface area contributed by atoms with Gasteiger partial charge < -0.3 is 14.6 Å². The van der Waals surface area contributed by atoms with E-state index in [0.29, 0.717) is 31.9 Å². The molecule has 0 radical (unpaired) electrons. The van der Waals surface area contributed by atoms with E-state index >= 15 is 0 Å². The van der Waals surface area contributed by atoms with Crippen molar-refractivity contribution < 1.29 is 14.0 Å². The van der Waals surface area contributed by atoms with E-state index < -0.39 is 0 Å². The molecular formula is C23H41N3O3. The highest BCUT2D eigenvalue weighted by Crippen LogP contribution is 2.13. The van der Waals surface area contributed by atoms with Gasteiger partial charge in [-0.2, -0.15) is 0 Å². The van der Waals surface area contributed by atoms with Gasteiger partial charge in [-0.1, -0.05) is 71.1 Å². The maximum atomic E-state index is 12.5. The van der Waals surface area contributed by atoms with E-state index in [0.717, 1.165) is 12.8 Å². The van der Waals surface area contributed by atoms with E-state index in [4.69, 9.17) is 4.42 Å². The molecule has 0 aliphatic heterocycles. The summed E-state index contributed by atoms with van der Waals surface area (Å²) in [5, 5.41) is 2.69. The van der Waals surface area contributed by atoms with Crippen molar-refractivity contribution in [1.29, 1.82) is 0 Å². The second kappa shape index (κ2) is 16.0. The molecule has 0 spiro atoms. The zero-order valence-corrected chi connectivity index (χ0v) is 18.8. The topological polar surface area (TPSA) is 75.4 Å². The molecule has 6 heteroatoms. The van der Waals surface area contributed by atoms with Crippen LogP contribution in [0.15, 0.2) is 10.7 Å². The van der Waals surface area contributed by atoms with Crippen molar-refractivity contribution in [3.63, 3.8) is 0 Å². The molecule has 0 aliphatic carbocycles. The largest absolute Gasteiger partial charge is 0.446 e. The van der Waals surface area contributed by atoms with Crippen molar-refractivity contribution in [3.8, 4) is 0 Å². The summed E-state index contributed by atoms with van der Waals surface area (Å²) in [5.41, 5.74) is 0.260. The lowest BCUT2D eigenvalue weighted by Crippen LogP contribution is -2.30. The molecule has 0 saturated carbocycles. The van der Waals surface area contributed by atoms with Crippen molar-refractivity contribution in [2.45, 2.75) is 104 Å². The van der Waals surface area contributed by atoms with Gasteiger partial charge in [-0.3, -0.25) is 9.59 Å². The molecule has 0 saturated heterocycles. The fourth-order valence-corrected chi connectivity index (χ4v) is 3.38. The number of nitrogens with zero attached hydrogens (tertiary/aromatic N) is 2. The molecular weight excluding hydrogens is 366 g/mol.